The van der Waals surface area contributed by atoms with Gasteiger partial charge < -0.3 is 14.6 Å². The Morgan fingerprint density at radius 3 is 2.62 bits per heavy atom. The molecule has 1 unspecified atom stereocenters. The van der Waals surface area contributed by atoms with E-state index in [0.29, 0.717) is 10.4 Å². The van der Waals surface area contributed by atoms with Crippen molar-refractivity contribution in [1.82, 2.24) is 0 Å². The molecule has 1 aromatic carbocycles. The predicted molar refractivity (Wildman–Crippen MR) is 86.3 cm³/mol. The van der Waals surface area contributed by atoms with Crippen molar-refractivity contribution in [2.45, 2.75) is 25.8 Å². The van der Waals surface area contributed by atoms with E-state index in [1.165, 1.54) is 0 Å². The molecular weight excluding hydrogens is 335 g/mol. The Kier molecular flexibility index (Phi) is 4.19. The average Bonchev–Trinajstić information content (AvgIpc) is 3.10. The van der Waals surface area contributed by atoms with E-state index >= 15 is 0 Å². The number of halogens is 2. The molecule has 1 fully saturated rings. The Labute approximate surface area is 132 Å². The van der Waals surface area contributed by atoms with Crippen molar-refractivity contribution in [3.63, 3.8) is 0 Å². The zero-order valence-corrected chi connectivity index (χ0v) is 13.5. The first-order chi connectivity index (χ1) is 10.1. The fourth-order valence-electron chi connectivity index (χ4n) is 2.69. The summed E-state index contributed by atoms with van der Waals surface area (Å²) < 4.78 is 20.4. The molecule has 21 heavy (non-hydrogen) atoms. The van der Waals surface area contributed by atoms with Crippen LogP contribution in [0.1, 0.15) is 31.6 Å². The summed E-state index contributed by atoms with van der Waals surface area (Å²) >= 11 is 3.28. The third-order valence-electron chi connectivity index (χ3n) is 3.80. The molecule has 1 aliphatic heterocycles. The van der Waals surface area contributed by atoms with Crippen molar-refractivity contribution in [3.8, 4) is 0 Å². The van der Waals surface area contributed by atoms with E-state index in [9.17, 15) is 4.39 Å². The van der Waals surface area contributed by atoms with Crippen molar-refractivity contribution < 1.29 is 8.81 Å². The van der Waals surface area contributed by atoms with Gasteiger partial charge in [-0.05, 0) is 66.0 Å². The summed E-state index contributed by atoms with van der Waals surface area (Å²) in [5, 5.41) is 3.26. The van der Waals surface area contributed by atoms with Crippen LogP contribution in [0.15, 0.2) is 39.4 Å². The van der Waals surface area contributed by atoms with Gasteiger partial charge in [-0.25, -0.2) is 4.39 Å². The second-order valence-electron chi connectivity index (χ2n) is 5.37. The molecular formula is C16H18BrFN2O. The zero-order chi connectivity index (χ0) is 14.8. The molecule has 5 heteroatoms. The Morgan fingerprint density at radius 1 is 1.24 bits per heavy atom. The Balaban J connectivity index is 1.72. The van der Waals surface area contributed by atoms with Crippen LogP contribution in [0.3, 0.4) is 0 Å². The van der Waals surface area contributed by atoms with Gasteiger partial charge in [-0.1, -0.05) is 0 Å². The molecule has 0 spiro atoms. The van der Waals surface area contributed by atoms with Gasteiger partial charge in [0, 0.05) is 18.8 Å². The highest BCUT2D eigenvalue weighted by molar-refractivity contribution is 9.10. The number of anilines is 2. The van der Waals surface area contributed by atoms with E-state index < -0.39 is 0 Å². The normalized spacial score (nSPS) is 16.2. The number of furan rings is 1. The molecule has 3 nitrogen and oxygen atoms in total. The van der Waals surface area contributed by atoms with E-state index in [2.05, 4.69) is 26.1 Å². The number of rotatable bonds is 4. The van der Waals surface area contributed by atoms with Gasteiger partial charge in [0.2, 0.25) is 0 Å². The van der Waals surface area contributed by atoms with Gasteiger partial charge in [0.1, 0.15) is 11.6 Å². The monoisotopic (exact) mass is 352 g/mol. The molecule has 0 saturated carbocycles. The molecule has 2 aromatic rings. The maximum absolute atomic E-state index is 14.2. The maximum atomic E-state index is 14.2. The second-order valence-corrected chi connectivity index (χ2v) is 6.15. The highest BCUT2D eigenvalue weighted by Crippen LogP contribution is 2.28. The van der Waals surface area contributed by atoms with Crippen LogP contribution >= 0.6 is 15.9 Å². The smallest absolute Gasteiger partial charge is 0.169 e. The third kappa shape index (κ3) is 3.23. The van der Waals surface area contributed by atoms with Crippen molar-refractivity contribution in [3.05, 3.63) is 46.6 Å². The summed E-state index contributed by atoms with van der Waals surface area (Å²) in [6.45, 7) is 3.87. The standard InChI is InChI=1S/C16H18BrFN2O/c1-11(15-6-7-16(17)21-15)19-12-4-5-14(13(18)10-12)20-8-2-3-9-20/h4-7,10-11,19H,2-3,8-9H2,1H3. The largest absolute Gasteiger partial charge is 0.452 e. The van der Waals surface area contributed by atoms with Gasteiger partial charge in [-0.3, -0.25) is 0 Å². The van der Waals surface area contributed by atoms with Gasteiger partial charge in [-0.2, -0.15) is 0 Å². The molecule has 0 radical (unpaired) electrons. The first-order valence-corrected chi connectivity index (χ1v) is 7.99. The molecule has 3 rings (SSSR count). The van der Waals surface area contributed by atoms with E-state index in [4.69, 9.17) is 4.42 Å². The Bertz CT molecular complexity index is 622. The fraction of sp³-hybridized carbons (Fsp3) is 0.375. The molecule has 0 bridgehead atoms. The lowest BCUT2D eigenvalue weighted by atomic mass is 10.2. The van der Waals surface area contributed by atoms with Crippen molar-refractivity contribution in [2.75, 3.05) is 23.3 Å². The van der Waals surface area contributed by atoms with E-state index in [0.717, 1.165) is 37.4 Å². The molecule has 1 aliphatic rings. The summed E-state index contributed by atoms with van der Waals surface area (Å²) in [6, 6.07) is 9.07. The van der Waals surface area contributed by atoms with Gasteiger partial charge in [0.05, 0.1) is 11.7 Å². The highest BCUT2D eigenvalue weighted by Gasteiger charge is 2.17. The summed E-state index contributed by atoms with van der Waals surface area (Å²) in [4.78, 5) is 2.10. The minimum atomic E-state index is -0.172. The van der Waals surface area contributed by atoms with Crippen LogP contribution in [-0.4, -0.2) is 13.1 Å². The minimum absolute atomic E-state index is 0.0201. The van der Waals surface area contributed by atoms with Gasteiger partial charge in [0.25, 0.3) is 0 Å². The molecule has 1 saturated heterocycles. The van der Waals surface area contributed by atoms with Gasteiger partial charge in [0.15, 0.2) is 4.67 Å². The minimum Gasteiger partial charge on any atom is -0.452 e. The van der Waals surface area contributed by atoms with Crippen LogP contribution in [0, 0.1) is 5.82 Å². The molecule has 2 heterocycles. The number of hydrogen-bond donors (Lipinski definition) is 1. The fourth-order valence-corrected chi connectivity index (χ4v) is 3.01. The van der Waals surface area contributed by atoms with Crippen LogP contribution in [0.2, 0.25) is 0 Å². The van der Waals surface area contributed by atoms with Crippen LogP contribution in [0.5, 0.6) is 0 Å². The first-order valence-electron chi connectivity index (χ1n) is 7.20. The highest BCUT2D eigenvalue weighted by atomic mass is 79.9. The molecule has 0 amide bonds. The maximum Gasteiger partial charge on any atom is 0.169 e. The molecule has 0 aliphatic carbocycles. The van der Waals surface area contributed by atoms with Crippen LogP contribution in [-0.2, 0) is 0 Å². The lowest BCUT2D eigenvalue weighted by molar-refractivity contribution is 0.471. The van der Waals surface area contributed by atoms with Gasteiger partial charge >= 0.3 is 0 Å². The Morgan fingerprint density at radius 2 is 2.00 bits per heavy atom. The predicted octanol–water partition coefficient (Wildman–Crippen LogP) is 4.95. The molecule has 1 N–H and O–H groups in total. The second kappa shape index (κ2) is 6.10. The van der Waals surface area contributed by atoms with Gasteiger partial charge in [-0.15, -0.1) is 0 Å². The number of nitrogens with one attached hydrogen (secondary N) is 1. The molecule has 112 valence electrons. The van der Waals surface area contributed by atoms with Crippen LogP contribution in [0.25, 0.3) is 0 Å². The van der Waals surface area contributed by atoms with Crippen molar-refractivity contribution in [2.24, 2.45) is 0 Å². The first kappa shape index (κ1) is 14.4. The lowest BCUT2D eigenvalue weighted by Crippen LogP contribution is -2.19. The molecule has 1 aromatic heterocycles. The number of benzene rings is 1. The van der Waals surface area contributed by atoms with Crippen molar-refractivity contribution in [1.29, 1.82) is 0 Å². The Hall–Kier alpha value is -1.49. The summed E-state index contributed by atoms with van der Waals surface area (Å²) in [6.07, 6.45) is 2.29. The topological polar surface area (TPSA) is 28.4 Å². The SMILES string of the molecule is CC(Nc1ccc(N2CCCC2)c(F)c1)c1ccc(Br)o1. The molecule has 1 atom stereocenters. The number of hydrogen-bond acceptors (Lipinski definition) is 3. The summed E-state index contributed by atoms with van der Waals surface area (Å²) in [7, 11) is 0. The van der Waals surface area contributed by atoms with E-state index in [1.54, 1.807) is 6.07 Å². The number of nitrogens with zero attached hydrogens (tertiary/aromatic N) is 1. The summed E-state index contributed by atoms with van der Waals surface area (Å²) in [5.41, 5.74) is 1.46. The zero-order valence-electron chi connectivity index (χ0n) is 11.9. The van der Waals surface area contributed by atoms with E-state index in [-0.39, 0.29) is 11.9 Å². The van der Waals surface area contributed by atoms with Crippen LogP contribution in [0.4, 0.5) is 15.8 Å². The summed E-state index contributed by atoms with van der Waals surface area (Å²) in [5.74, 6) is 0.639. The third-order valence-corrected chi connectivity index (χ3v) is 4.22. The van der Waals surface area contributed by atoms with Crippen LogP contribution < -0.4 is 10.2 Å². The van der Waals surface area contributed by atoms with Crippen molar-refractivity contribution >= 4 is 27.3 Å². The lowest BCUT2D eigenvalue weighted by Gasteiger charge is -2.20. The van der Waals surface area contributed by atoms with E-state index in [1.807, 2.05) is 31.2 Å². The average molecular weight is 353 g/mol. The quantitative estimate of drug-likeness (QED) is 0.843.